The minimum Gasteiger partial charge on any atom is -0.341 e. The third-order valence-electron chi connectivity index (χ3n) is 3.60. The second-order valence-corrected chi connectivity index (χ2v) is 4.94. The van der Waals surface area contributed by atoms with Gasteiger partial charge in [-0.1, -0.05) is 54.6 Å². The van der Waals surface area contributed by atoms with Crippen molar-refractivity contribution in [1.29, 1.82) is 0 Å². The van der Waals surface area contributed by atoms with Gasteiger partial charge in [0.1, 0.15) is 0 Å². The van der Waals surface area contributed by atoms with E-state index >= 15 is 0 Å². The summed E-state index contributed by atoms with van der Waals surface area (Å²) in [7, 11) is 0. The molecule has 0 fully saturated rings. The van der Waals surface area contributed by atoms with Crippen molar-refractivity contribution in [1.82, 2.24) is 0 Å². The van der Waals surface area contributed by atoms with Crippen LogP contribution in [0.4, 0.5) is 5.69 Å². The minimum atomic E-state index is 1.10. The van der Waals surface area contributed by atoms with Crippen molar-refractivity contribution in [2.24, 2.45) is 0 Å². The van der Waals surface area contributed by atoms with Crippen molar-refractivity contribution in [2.45, 2.75) is 19.3 Å². The van der Waals surface area contributed by atoms with E-state index in [0.717, 1.165) is 6.54 Å². The smallest absolute Gasteiger partial charge is 0.0443 e. The van der Waals surface area contributed by atoms with Crippen LogP contribution in [0.15, 0.2) is 66.7 Å². The first-order valence-corrected chi connectivity index (χ1v) is 7.03. The third-order valence-corrected chi connectivity index (χ3v) is 3.60. The van der Waals surface area contributed by atoms with Gasteiger partial charge in [0, 0.05) is 17.9 Å². The molecule has 0 unspecified atom stereocenters. The zero-order valence-electron chi connectivity index (χ0n) is 11.1. The molecule has 0 aliphatic carbocycles. The van der Waals surface area contributed by atoms with Gasteiger partial charge in [-0.15, -0.1) is 0 Å². The summed E-state index contributed by atoms with van der Waals surface area (Å²) in [6.07, 6.45) is 6.09. The summed E-state index contributed by atoms with van der Waals surface area (Å²) in [6.45, 7) is 1.10. The van der Waals surface area contributed by atoms with Crippen molar-refractivity contribution in [3.05, 3.63) is 72.3 Å². The van der Waals surface area contributed by atoms with Crippen molar-refractivity contribution in [3.8, 4) is 0 Å². The van der Waals surface area contributed by atoms with E-state index in [-0.39, 0.29) is 0 Å². The van der Waals surface area contributed by atoms with Gasteiger partial charge < -0.3 is 4.90 Å². The highest BCUT2D eigenvalue weighted by Gasteiger charge is 2.15. The first-order valence-electron chi connectivity index (χ1n) is 7.03. The SMILES string of the molecule is C1=C(c2ccccc2)N(c2ccccc2)CCCC1. The lowest BCUT2D eigenvalue weighted by molar-refractivity contribution is 0.766. The predicted molar refractivity (Wildman–Crippen MR) is 82.1 cm³/mol. The van der Waals surface area contributed by atoms with E-state index in [1.165, 1.54) is 36.2 Å². The molecule has 2 aromatic rings. The average molecular weight is 249 g/mol. The summed E-state index contributed by atoms with van der Waals surface area (Å²) in [5.41, 5.74) is 3.96. The molecule has 0 aromatic heterocycles. The van der Waals surface area contributed by atoms with Crippen molar-refractivity contribution < 1.29 is 0 Å². The van der Waals surface area contributed by atoms with Crippen LogP contribution in [0, 0.1) is 0 Å². The first-order chi connectivity index (χ1) is 9.45. The van der Waals surface area contributed by atoms with Gasteiger partial charge in [-0.25, -0.2) is 0 Å². The number of anilines is 1. The Morgan fingerprint density at radius 1 is 0.737 bits per heavy atom. The lowest BCUT2D eigenvalue weighted by Gasteiger charge is -2.26. The van der Waals surface area contributed by atoms with E-state index < -0.39 is 0 Å². The summed E-state index contributed by atoms with van der Waals surface area (Å²) < 4.78 is 0. The number of nitrogens with zero attached hydrogens (tertiary/aromatic N) is 1. The van der Waals surface area contributed by atoms with Crippen molar-refractivity contribution in [3.63, 3.8) is 0 Å². The number of rotatable bonds is 2. The van der Waals surface area contributed by atoms with Crippen LogP contribution >= 0.6 is 0 Å². The Kier molecular flexibility index (Phi) is 3.64. The number of para-hydroxylation sites is 1. The van der Waals surface area contributed by atoms with Crippen LogP contribution in [0.25, 0.3) is 5.70 Å². The summed E-state index contributed by atoms with van der Waals surface area (Å²) in [5, 5.41) is 0. The van der Waals surface area contributed by atoms with Gasteiger partial charge in [0.2, 0.25) is 0 Å². The molecule has 3 rings (SSSR count). The lowest BCUT2D eigenvalue weighted by Crippen LogP contribution is -2.21. The standard InChI is InChI=1S/C18H19N/c1-4-10-16(11-5-1)18-14-8-3-9-15-19(18)17-12-6-2-7-13-17/h1-2,4-7,10-14H,3,8-9,15H2. The molecule has 0 radical (unpaired) electrons. The average Bonchev–Trinajstić information content (AvgIpc) is 2.75. The van der Waals surface area contributed by atoms with Gasteiger partial charge in [-0.05, 0) is 37.0 Å². The quantitative estimate of drug-likeness (QED) is 0.744. The summed E-state index contributed by atoms with van der Waals surface area (Å²) >= 11 is 0. The zero-order chi connectivity index (χ0) is 12.9. The molecule has 0 atom stereocenters. The largest absolute Gasteiger partial charge is 0.341 e. The predicted octanol–water partition coefficient (Wildman–Crippen LogP) is 4.72. The molecule has 1 heteroatoms. The highest BCUT2D eigenvalue weighted by molar-refractivity contribution is 5.79. The highest BCUT2D eigenvalue weighted by atomic mass is 15.1. The lowest BCUT2D eigenvalue weighted by atomic mass is 10.1. The van der Waals surface area contributed by atoms with E-state index in [9.17, 15) is 0 Å². The molecule has 1 aliphatic heterocycles. The summed E-state index contributed by atoms with van der Waals surface area (Å²) in [6, 6.07) is 21.4. The molecule has 0 amide bonds. The number of allylic oxidation sites excluding steroid dienone is 1. The molecule has 0 saturated heterocycles. The molecule has 19 heavy (non-hydrogen) atoms. The summed E-state index contributed by atoms with van der Waals surface area (Å²) in [5.74, 6) is 0. The molecule has 0 saturated carbocycles. The zero-order valence-corrected chi connectivity index (χ0v) is 11.1. The molecular formula is C18H19N. The van der Waals surface area contributed by atoms with E-state index in [1.54, 1.807) is 0 Å². The summed E-state index contributed by atoms with van der Waals surface area (Å²) in [4.78, 5) is 2.45. The topological polar surface area (TPSA) is 3.24 Å². The van der Waals surface area contributed by atoms with E-state index in [4.69, 9.17) is 0 Å². The van der Waals surface area contributed by atoms with Gasteiger partial charge in [0.25, 0.3) is 0 Å². The van der Waals surface area contributed by atoms with Gasteiger partial charge in [-0.2, -0.15) is 0 Å². The molecule has 0 N–H and O–H groups in total. The van der Waals surface area contributed by atoms with Crippen LogP contribution in [0.5, 0.6) is 0 Å². The monoisotopic (exact) mass is 249 g/mol. The van der Waals surface area contributed by atoms with Crippen molar-refractivity contribution >= 4 is 11.4 Å². The fraction of sp³-hybridized carbons (Fsp3) is 0.222. The van der Waals surface area contributed by atoms with Gasteiger partial charge in [-0.3, -0.25) is 0 Å². The Morgan fingerprint density at radius 3 is 2.16 bits per heavy atom. The van der Waals surface area contributed by atoms with E-state index in [0.29, 0.717) is 0 Å². The molecule has 2 aromatic carbocycles. The fourth-order valence-electron chi connectivity index (χ4n) is 2.64. The maximum absolute atomic E-state index is 2.45. The van der Waals surface area contributed by atoms with Gasteiger partial charge in [0.05, 0.1) is 0 Å². The van der Waals surface area contributed by atoms with Crippen LogP contribution in [0.2, 0.25) is 0 Å². The normalized spacial score (nSPS) is 15.8. The molecule has 1 aliphatic rings. The fourth-order valence-corrected chi connectivity index (χ4v) is 2.64. The Labute approximate surface area is 115 Å². The Balaban J connectivity index is 2.00. The van der Waals surface area contributed by atoms with Crippen LogP contribution in [-0.4, -0.2) is 6.54 Å². The first kappa shape index (κ1) is 12.0. The van der Waals surface area contributed by atoms with Crippen molar-refractivity contribution in [2.75, 3.05) is 11.4 Å². The number of benzene rings is 2. The molecular weight excluding hydrogens is 230 g/mol. The van der Waals surface area contributed by atoms with Crippen LogP contribution in [0.3, 0.4) is 0 Å². The van der Waals surface area contributed by atoms with Gasteiger partial charge >= 0.3 is 0 Å². The van der Waals surface area contributed by atoms with Crippen LogP contribution < -0.4 is 4.90 Å². The third kappa shape index (κ3) is 2.70. The maximum Gasteiger partial charge on any atom is 0.0443 e. The number of hydrogen-bond acceptors (Lipinski definition) is 1. The second-order valence-electron chi connectivity index (χ2n) is 4.94. The van der Waals surface area contributed by atoms with Crippen LogP contribution in [0.1, 0.15) is 24.8 Å². The molecule has 0 spiro atoms. The van der Waals surface area contributed by atoms with Crippen LogP contribution in [-0.2, 0) is 0 Å². The Bertz CT molecular complexity index is 542. The van der Waals surface area contributed by atoms with Gasteiger partial charge in [0.15, 0.2) is 0 Å². The maximum atomic E-state index is 2.45. The van der Waals surface area contributed by atoms with E-state index in [2.05, 4.69) is 71.6 Å². The number of hydrogen-bond donors (Lipinski definition) is 0. The molecule has 1 heterocycles. The highest BCUT2D eigenvalue weighted by Crippen LogP contribution is 2.29. The minimum absolute atomic E-state index is 1.10. The molecule has 96 valence electrons. The molecule has 1 nitrogen and oxygen atoms in total. The second kappa shape index (κ2) is 5.75. The van der Waals surface area contributed by atoms with E-state index in [1.807, 2.05) is 0 Å². The molecule has 0 bridgehead atoms. The Hall–Kier alpha value is -2.02. The Morgan fingerprint density at radius 2 is 1.42 bits per heavy atom.